The van der Waals surface area contributed by atoms with Crippen molar-refractivity contribution in [2.75, 3.05) is 26.8 Å². The number of methoxy groups -OCH3 is 1. The van der Waals surface area contributed by atoms with Gasteiger partial charge in [0.2, 0.25) is 0 Å². The Labute approximate surface area is 108 Å². The molecule has 96 valence electrons. The molecular formula is C13H22N2OS. The molecule has 0 fully saturated rings. The number of hydrogen-bond donors (Lipinski definition) is 1. The zero-order valence-corrected chi connectivity index (χ0v) is 11.9. The van der Waals surface area contributed by atoms with Gasteiger partial charge in [0.15, 0.2) is 0 Å². The maximum Gasteiger partial charge on any atom is 0.0900 e. The molecule has 0 unspecified atom stereocenters. The Hall–Kier alpha value is -0.710. The Morgan fingerprint density at radius 3 is 2.88 bits per heavy atom. The lowest BCUT2D eigenvalue weighted by Gasteiger charge is -2.12. The second-order valence-corrected chi connectivity index (χ2v) is 5.59. The van der Waals surface area contributed by atoms with Crippen LogP contribution in [-0.4, -0.2) is 31.8 Å². The van der Waals surface area contributed by atoms with Crippen molar-refractivity contribution in [1.29, 1.82) is 0 Å². The topological polar surface area (TPSA) is 34.1 Å². The normalized spacial score (nSPS) is 12.4. The maximum absolute atomic E-state index is 5.02. The van der Waals surface area contributed by atoms with Gasteiger partial charge in [0.05, 0.1) is 11.6 Å². The standard InChI is InChI=1S/C13H22N2OS/c1-10(2)12(8-14-5-6-16-4)7-13-9-15-11(3)17-13/h7,9-10,14H,5-6,8H2,1-4H3. The van der Waals surface area contributed by atoms with Crippen LogP contribution in [0.1, 0.15) is 23.7 Å². The van der Waals surface area contributed by atoms with E-state index < -0.39 is 0 Å². The summed E-state index contributed by atoms with van der Waals surface area (Å²) in [5.41, 5.74) is 1.41. The van der Waals surface area contributed by atoms with Crippen LogP contribution in [0.5, 0.6) is 0 Å². The van der Waals surface area contributed by atoms with Crippen LogP contribution in [0.4, 0.5) is 0 Å². The average molecular weight is 254 g/mol. The molecular weight excluding hydrogens is 232 g/mol. The van der Waals surface area contributed by atoms with Crippen molar-refractivity contribution in [1.82, 2.24) is 10.3 Å². The van der Waals surface area contributed by atoms with Gasteiger partial charge in [0.1, 0.15) is 0 Å². The van der Waals surface area contributed by atoms with Crippen LogP contribution in [0.15, 0.2) is 11.8 Å². The summed E-state index contributed by atoms with van der Waals surface area (Å²) in [5, 5.41) is 4.50. The molecule has 0 aliphatic rings. The predicted molar refractivity (Wildman–Crippen MR) is 74.4 cm³/mol. The molecule has 0 saturated carbocycles. The summed E-state index contributed by atoms with van der Waals surface area (Å²) >= 11 is 1.74. The van der Waals surface area contributed by atoms with Crippen molar-refractivity contribution < 1.29 is 4.74 Å². The minimum absolute atomic E-state index is 0.549. The fraction of sp³-hybridized carbons (Fsp3) is 0.615. The average Bonchev–Trinajstić information content (AvgIpc) is 2.68. The van der Waals surface area contributed by atoms with E-state index in [1.165, 1.54) is 10.5 Å². The highest BCUT2D eigenvalue weighted by Gasteiger charge is 2.04. The number of hydrogen-bond acceptors (Lipinski definition) is 4. The Bertz CT molecular complexity index is 358. The van der Waals surface area contributed by atoms with Crippen LogP contribution < -0.4 is 5.32 Å². The monoisotopic (exact) mass is 254 g/mol. The first-order chi connectivity index (χ1) is 8.13. The van der Waals surface area contributed by atoms with Crippen molar-refractivity contribution in [3.05, 3.63) is 21.7 Å². The lowest BCUT2D eigenvalue weighted by molar-refractivity contribution is 0.200. The zero-order chi connectivity index (χ0) is 12.7. The number of nitrogens with zero attached hydrogens (tertiary/aromatic N) is 1. The summed E-state index contributed by atoms with van der Waals surface area (Å²) < 4.78 is 5.02. The first-order valence-electron chi connectivity index (χ1n) is 5.96. The second kappa shape index (κ2) is 7.58. The van der Waals surface area contributed by atoms with Gasteiger partial charge in [-0.2, -0.15) is 0 Å². The van der Waals surface area contributed by atoms with E-state index in [4.69, 9.17) is 4.74 Å². The number of aryl methyl sites for hydroxylation is 1. The number of thiazole rings is 1. The van der Waals surface area contributed by atoms with Gasteiger partial charge in [-0.3, -0.25) is 0 Å². The lowest BCUT2D eigenvalue weighted by atomic mass is 10.0. The molecule has 1 aromatic heterocycles. The lowest BCUT2D eigenvalue weighted by Crippen LogP contribution is -2.23. The maximum atomic E-state index is 5.02. The van der Waals surface area contributed by atoms with Gasteiger partial charge < -0.3 is 10.1 Å². The molecule has 0 aliphatic carbocycles. The molecule has 0 aromatic carbocycles. The molecule has 0 aliphatic heterocycles. The molecule has 1 heterocycles. The Balaban J connectivity index is 2.56. The van der Waals surface area contributed by atoms with E-state index in [0.29, 0.717) is 5.92 Å². The molecule has 1 aromatic rings. The van der Waals surface area contributed by atoms with E-state index in [9.17, 15) is 0 Å². The minimum atomic E-state index is 0.549. The number of nitrogens with one attached hydrogen (secondary N) is 1. The highest BCUT2D eigenvalue weighted by molar-refractivity contribution is 7.12. The highest BCUT2D eigenvalue weighted by atomic mass is 32.1. The summed E-state index contributed by atoms with van der Waals surface area (Å²) in [6, 6.07) is 0. The van der Waals surface area contributed by atoms with E-state index in [1.807, 2.05) is 13.1 Å². The number of rotatable bonds is 7. The van der Waals surface area contributed by atoms with Crippen molar-refractivity contribution in [2.45, 2.75) is 20.8 Å². The fourth-order valence-corrected chi connectivity index (χ4v) is 2.22. The molecule has 0 radical (unpaired) electrons. The summed E-state index contributed by atoms with van der Waals surface area (Å²) in [4.78, 5) is 5.51. The molecule has 0 bridgehead atoms. The van der Waals surface area contributed by atoms with E-state index >= 15 is 0 Å². The summed E-state index contributed by atoms with van der Waals surface area (Å²) in [5.74, 6) is 0.549. The van der Waals surface area contributed by atoms with Crippen LogP contribution >= 0.6 is 11.3 Å². The van der Waals surface area contributed by atoms with E-state index in [1.54, 1.807) is 18.4 Å². The fourth-order valence-electron chi connectivity index (χ4n) is 1.46. The van der Waals surface area contributed by atoms with Crippen LogP contribution in [0.2, 0.25) is 0 Å². The molecule has 0 amide bonds. The molecule has 0 spiro atoms. The smallest absolute Gasteiger partial charge is 0.0900 e. The van der Waals surface area contributed by atoms with Crippen molar-refractivity contribution in [3.63, 3.8) is 0 Å². The second-order valence-electron chi connectivity index (χ2n) is 4.33. The summed E-state index contributed by atoms with van der Waals surface area (Å²) in [7, 11) is 1.72. The quantitative estimate of drug-likeness (QED) is 0.760. The van der Waals surface area contributed by atoms with Crippen molar-refractivity contribution >= 4 is 17.4 Å². The zero-order valence-electron chi connectivity index (χ0n) is 11.1. The first kappa shape index (κ1) is 14.4. The Morgan fingerprint density at radius 2 is 2.35 bits per heavy atom. The largest absolute Gasteiger partial charge is 0.383 e. The van der Waals surface area contributed by atoms with Gasteiger partial charge in [-0.1, -0.05) is 19.4 Å². The predicted octanol–water partition coefficient (Wildman–Crippen LogP) is 2.73. The summed E-state index contributed by atoms with van der Waals surface area (Å²) in [6.45, 7) is 9.04. The van der Waals surface area contributed by atoms with E-state index in [-0.39, 0.29) is 0 Å². The van der Waals surface area contributed by atoms with E-state index in [0.717, 1.165) is 24.7 Å². The van der Waals surface area contributed by atoms with Gasteiger partial charge >= 0.3 is 0 Å². The van der Waals surface area contributed by atoms with Crippen molar-refractivity contribution in [2.24, 2.45) is 5.92 Å². The molecule has 1 rings (SSSR count). The third-order valence-electron chi connectivity index (χ3n) is 2.52. The van der Waals surface area contributed by atoms with Gasteiger partial charge in [-0.25, -0.2) is 4.98 Å². The third-order valence-corrected chi connectivity index (χ3v) is 3.38. The van der Waals surface area contributed by atoms with Gasteiger partial charge in [0, 0.05) is 31.3 Å². The molecule has 0 saturated heterocycles. The molecule has 4 heteroatoms. The molecule has 0 atom stereocenters. The minimum Gasteiger partial charge on any atom is -0.383 e. The van der Waals surface area contributed by atoms with Crippen molar-refractivity contribution in [3.8, 4) is 0 Å². The molecule has 3 nitrogen and oxygen atoms in total. The van der Waals surface area contributed by atoms with Crippen LogP contribution in [0, 0.1) is 12.8 Å². The number of aromatic nitrogens is 1. The SMILES string of the molecule is COCCNCC(=Cc1cnc(C)s1)C(C)C. The third kappa shape index (κ3) is 5.44. The van der Waals surface area contributed by atoms with Crippen LogP contribution in [-0.2, 0) is 4.74 Å². The Morgan fingerprint density at radius 1 is 1.59 bits per heavy atom. The van der Waals surface area contributed by atoms with Gasteiger partial charge in [0.25, 0.3) is 0 Å². The highest BCUT2D eigenvalue weighted by Crippen LogP contribution is 2.18. The van der Waals surface area contributed by atoms with Crippen LogP contribution in [0.25, 0.3) is 6.08 Å². The van der Waals surface area contributed by atoms with Crippen LogP contribution in [0.3, 0.4) is 0 Å². The number of ether oxygens (including phenoxy) is 1. The van der Waals surface area contributed by atoms with E-state index in [2.05, 4.69) is 30.2 Å². The molecule has 1 N–H and O–H groups in total. The van der Waals surface area contributed by atoms with Gasteiger partial charge in [-0.15, -0.1) is 11.3 Å². The first-order valence-corrected chi connectivity index (χ1v) is 6.77. The van der Waals surface area contributed by atoms with Gasteiger partial charge in [-0.05, 0) is 18.9 Å². The molecule has 17 heavy (non-hydrogen) atoms. The summed E-state index contributed by atoms with van der Waals surface area (Å²) in [6.07, 6.45) is 4.19. The Kier molecular flexibility index (Phi) is 6.40.